The van der Waals surface area contributed by atoms with Gasteiger partial charge < -0.3 is 4.74 Å². The molecule has 112 valence electrons. The van der Waals surface area contributed by atoms with Crippen LogP contribution in [-0.4, -0.2) is 17.8 Å². The Balaban J connectivity index is 2.27. The molecule has 0 spiro atoms. The average Bonchev–Trinajstić information content (AvgIpc) is 2.52. The van der Waals surface area contributed by atoms with E-state index in [0.29, 0.717) is 16.3 Å². The van der Waals surface area contributed by atoms with Crippen LogP contribution >= 0.6 is 11.6 Å². The molecular formula is C16H12ClNO4. The second-order valence-corrected chi connectivity index (χ2v) is 4.83. The molecule has 0 unspecified atom stereocenters. The summed E-state index contributed by atoms with van der Waals surface area (Å²) >= 11 is 5.91. The maximum atomic E-state index is 12.1. The van der Waals surface area contributed by atoms with E-state index in [1.807, 2.05) is 0 Å². The van der Waals surface area contributed by atoms with Crippen molar-refractivity contribution < 1.29 is 14.5 Å². The van der Waals surface area contributed by atoms with Crippen molar-refractivity contribution in [3.63, 3.8) is 0 Å². The lowest BCUT2D eigenvalue weighted by molar-refractivity contribution is -0.384. The highest BCUT2D eigenvalue weighted by atomic mass is 35.5. The minimum Gasteiger partial charge on any atom is -0.496 e. The van der Waals surface area contributed by atoms with E-state index in [1.54, 1.807) is 24.3 Å². The summed E-state index contributed by atoms with van der Waals surface area (Å²) in [6.07, 6.45) is 2.89. The molecule has 0 N–H and O–H groups in total. The van der Waals surface area contributed by atoms with Crippen LogP contribution in [0.3, 0.4) is 0 Å². The highest BCUT2D eigenvalue weighted by Crippen LogP contribution is 2.24. The minimum absolute atomic E-state index is 0.125. The van der Waals surface area contributed by atoms with Gasteiger partial charge in [0.15, 0.2) is 5.78 Å². The Hall–Kier alpha value is -2.66. The minimum atomic E-state index is -0.541. The molecule has 0 atom stereocenters. The van der Waals surface area contributed by atoms with E-state index in [4.69, 9.17) is 16.3 Å². The van der Waals surface area contributed by atoms with Crippen molar-refractivity contribution in [2.24, 2.45) is 0 Å². The van der Waals surface area contributed by atoms with Crippen molar-refractivity contribution in [1.29, 1.82) is 0 Å². The molecule has 6 heteroatoms. The van der Waals surface area contributed by atoms with Crippen LogP contribution in [0.4, 0.5) is 5.69 Å². The molecule has 0 aliphatic rings. The van der Waals surface area contributed by atoms with Crippen LogP contribution in [0.2, 0.25) is 5.02 Å². The molecule has 2 aromatic rings. The number of nitrogens with zero attached hydrogens (tertiary/aromatic N) is 1. The van der Waals surface area contributed by atoms with E-state index < -0.39 is 4.92 Å². The number of allylic oxidation sites excluding steroid dienone is 1. The largest absolute Gasteiger partial charge is 0.496 e. The first kappa shape index (κ1) is 15.7. The Morgan fingerprint density at radius 2 is 2.05 bits per heavy atom. The van der Waals surface area contributed by atoms with Crippen LogP contribution in [0.1, 0.15) is 15.9 Å². The predicted molar refractivity (Wildman–Crippen MR) is 84.5 cm³/mol. The molecule has 0 aromatic heterocycles. The maximum Gasteiger partial charge on any atom is 0.270 e. The number of carbonyl (C=O) groups is 1. The summed E-state index contributed by atoms with van der Waals surface area (Å²) in [7, 11) is 1.52. The molecule has 0 aliphatic heterocycles. The molecule has 2 rings (SSSR count). The molecule has 22 heavy (non-hydrogen) atoms. The molecule has 0 saturated carbocycles. The summed E-state index contributed by atoms with van der Waals surface area (Å²) in [4.78, 5) is 22.3. The highest BCUT2D eigenvalue weighted by Gasteiger charge is 2.09. The lowest BCUT2D eigenvalue weighted by atomic mass is 10.1. The number of rotatable bonds is 5. The number of nitro groups is 1. The maximum absolute atomic E-state index is 12.1. The number of carbonyl (C=O) groups excluding carboxylic acids is 1. The molecule has 5 nitrogen and oxygen atoms in total. The highest BCUT2D eigenvalue weighted by molar-refractivity contribution is 6.30. The van der Waals surface area contributed by atoms with Gasteiger partial charge in [0.1, 0.15) is 5.75 Å². The smallest absolute Gasteiger partial charge is 0.270 e. The first-order valence-corrected chi connectivity index (χ1v) is 6.69. The normalized spacial score (nSPS) is 10.6. The second kappa shape index (κ2) is 6.87. The molecule has 0 fully saturated rings. The Labute approximate surface area is 131 Å². The quantitative estimate of drug-likeness (QED) is 0.359. The van der Waals surface area contributed by atoms with Gasteiger partial charge in [0.05, 0.1) is 12.0 Å². The molecule has 0 aliphatic carbocycles. The average molecular weight is 318 g/mol. The van der Waals surface area contributed by atoms with Crippen LogP contribution in [0.5, 0.6) is 5.75 Å². The van der Waals surface area contributed by atoms with Crippen molar-refractivity contribution in [2.75, 3.05) is 7.11 Å². The van der Waals surface area contributed by atoms with Gasteiger partial charge >= 0.3 is 0 Å². The summed E-state index contributed by atoms with van der Waals surface area (Å²) in [6.45, 7) is 0. The van der Waals surface area contributed by atoms with Gasteiger partial charge in [-0.05, 0) is 30.4 Å². The zero-order chi connectivity index (χ0) is 16.1. The first-order valence-electron chi connectivity index (χ1n) is 6.31. The van der Waals surface area contributed by atoms with Crippen LogP contribution in [0, 0.1) is 10.1 Å². The van der Waals surface area contributed by atoms with Gasteiger partial charge in [-0.2, -0.15) is 0 Å². The first-order chi connectivity index (χ1) is 10.5. The van der Waals surface area contributed by atoms with E-state index in [2.05, 4.69) is 0 Å². The third kappa shape index (κ3) is 3.71. The van der Waals surface area contributed by atoms with E-state index in [-0.39, 0.29) is 17.0 Å². The van der Waals surface area contributed by atoms with Gasteiger partial charge in [-0.1, -0.05) is 23.7 Å². The summed E-state index contributed by atoms with van der Waals surface area (Å²) in [6, 6.07) is 10.6. The third-order valence-corrected chi connectivity index (χ3v) is 3.18. The van der Waals surface area contributed by atoms with Crippen molar-refractivity contribution >= 4 is 29.1 Å². The third-order valence-electron chi connectivity index (χ3n) is 2.95. The molecule has 0 heterocycles. The fourth-order valence-corrected chi connectivity index (χ4v) is 2.05. The number of ether oxygens (including phenoxy) is 1. The number of methoxy groups -OCH3 is 1. The molecule has 0 saturated heterocycles. The van der Waals surface area contributed by atoms with Gasteiger partial charge in [0.2, 0.25) is 0 Å². The summed E-state index contributed by atoms with van der Waals surface area (Å²) in [5.74, 6) is 0.234. The number of non-ortho nitro benzene ring substituents is 1. The fourth-order valence-electron chi connectivity index (χ4n) is 1.87. The van der Waals surface area contributed by atoms with Gasteiger partial charge in [-0.3, -0.25) is 14.9 Å². The lowest BCUT2D eigenvalue weighted by Crippen LogP contribution is -1.96. The Bertz CT molecular complexity index is 756. The fraction of sp³-hybridized carbons (Fsp3) is 0.0625. The van der Waals surface area contributed by atoms with Crippen LogP contribution in [0.15, 0.2) is 48.5 Å². The van der Waals surface area contributed by atoms with Crippen molar-refractivity contribution in [2.45, 2.75) is 0 Å². The summed E-state index contributed by atoms with van der Waals surface area (Å²) < 4.78 is 5.18. The number of hydrogen-bond donors (Lipinski definition) is 0. The number of halogens is 1. The molecular weight excluding hydrogens is 306 g/mol. The zero-order valence-electron chi connectivity index (χ0n) is 11.7. The zero-order valence-corrected chi connectivity index (χ0v) is 12.4. The van der Waals surface area contributed by atoms with Gasteiger partial charge in [-0.25, -0.2) is 0 Å². The Kier molecular flexibility index (Phi) is 4.91. The molecule has 0 bridgehead atoms. The summed E-state index contributed by atoms with van der Waals surface area (Å²) in [5.41, 5.74) is 0.764. The number of nitro benzene ring substituents is 1. The van der Waals surface area contributed by atoms with Crippen molar-refractivity contribution in [3.8, 4) is 5.75 Å². The van der Waals surface area contributed by atoms with Gasteiger partial charge in [0, 0.05) is 28.3 Å². The SMILES string of the molecule is COc1ccc(Cl)cc1/C=C/C(=O)c1cccc([N+](=O)[O-])c1. The van der Waals surface area contributed by atoms with Crippen molar-refractivity contribution in [1.82, 2.24) is 0 Å². The standard InChI is InChI=1S/C16H12ClNO4/c1-22-16-8-6-13(17)9-12(16)5-7-15(19)11-3-2-4-14(10-11)18(20)21/h2-10H,1H3/b7-5+. The van der Waals surface area contributed by atoms with Crippen LogP contribution in [0.25, 0.3) is 6.08 Å². The Morgan fingerprint density at radius 3 is 2.73 bits per heavy atom. The number of hydrogen-bond acceptors (Lipinski definition) is 4. The lowest BCUT2D eigenvalue weighted by Gasteiger charge is -2.04. The van der Waals surface area contributed by atoms with Crippen molar-refractivity contribution in [3.05, 3.63) is 74.8 Å². The number of benzene rings is 2. The second-order valence-electron chi connectivity index (χ2n) is 4.39. The van der Waals surface area contributed by atoms with E-state index in [0.717, 1.165) is 0 Å². The molecule has 0 radical (unpaired) electrons. The van der Waals surface area contributed by atoms with Gasteiger partial charge in [0.25, 0.3) is 5.69 Å². The number of ketones is 1. The van der Waals surface area contributed by atoms with Crippen LogP contribution < -0.4 is 4.74 Å². The van der Waals surface area contributed by atoms with E-state index in [9.17, 15) is 14.9 Å². The summed E-state index contributed by atoms with van der Waals surface area (Å²) in [5, 5.41) is 11.2. The van der Waals surface area contributed by atoms with Gasteiger partial charge in [-0.15, -0.1) is 0 Å². The topological polar surface area (TPSA) is 69.4 Å². The van der Waals surface area contributed by atoms with E-state index >= 15 is 0 Å². The van der Waals surface area contributed by atoms with E-state index in [1.165, 1.54) is 37.5 Å². The Morgan fingerprint density at radius 1 is 1.27 bits per heavy atom. The predicted octanol–water partition coefficient (Wildman–Crippen LogP) is 4.15. The monoisotopic (exact) mass is 317 g/mol. The molecule has 2 aromatic carbocycles. The van der Waals surface area contributed by atoms with Crippen LogP contribution in [-0.2, 0) is 0 Å². The molecule has 0 amide bonds.